The number of nitrogens with zero attached hydrogens (tertiary/aromatic N) is 3. The first-order valence-electron chi connectivity index (χ1n) is 5.90. The first kappa shape index (κ1) is 10.6. The normalized spacial score (nSPS) is 18.9. The third-order valence-electron chi connectivity index (χ3n) is 3.17. The highest BCUT2D eigenvalue weighted by Gasteiger charge is 2.21. The second-order valence-corrected chi connectivity index (χ2v) is 4.43. The van der Waals surface area contributed by atoms with Crippen LogP contribution in [-0.4, -0.2) is 20.8 Å². The molecular weight excluding hydrogens is 188 g/mol. The summed E-state index contributed by atoms with van der Waals surface area (Å²) in [6.07, 6.45) is 3.45. The molecule has 84 valence electrons. The standard InChI is InChI=1S/C11H20N4/c1-4-8(2)12-9(3)11-14-13-10-6-5-7-15(10)11/h8-9,12H,4-7H2,1-3H3. The molecule has 1 aromatic rings. The lowest BCUT2D eigenvalue weighted by Gasteiger charge is -2.18. The van der Waals surface area contributed by atoms with E-state index in [4.69, 9.17) is 0 Å². The van der Waals surface area contributed by atoms with Gasteiger partial charge in [0, 0.05) is 19.0 Å². The summed E-state index contributed by atoms with van der Waals surface area (Å²) >= 11 is 0. The molecule has 0 saturated heterocycles. The molecule has 2 unspecified atom stereocenters. The average molecular weight is 208 g/mol. The van der Waals surface area contributed by atoms with Crippen LogP contribution in [0.5, 0.6) is 0 Å². The minimum atomic E-state index is 0.305. The van der Waals surface area contributed by atoms with Crippen molar-refractivity contribution in [2.75, 3.05) is 0 Å². The molecule has 1 aromatic heterocycles. The third-order valence-corrected chi connectivity index (χ3v) is 3.17. The van der Waals surface area contributed by atoms with Crippen LogP contribution in [0.1, 0.15) is 51.3 Å². The molecule has 2 heterocycles. The van der Waals surface area contributed by atoms with Gasteiger partial charge < -0.3 is 9.88 Å². The van der Waals surface area contributed by atoms with E-state index in [2.05, 4.69) is 40.9 Å². The zero-order valence-electron chi connectivity index (χ0n) is 9.82. The Morgan fingerprint density at radius 3 is 2.93 bits per heavy atom. The molecule has 1 aliphatic heterocycles. The molecule has 0 aliphatic carbocycles. The molecule has 0 saturated carbocycles. The lowest BCUT2D eigenvalue weighted by molar-refractivity contribution is 0.441. The highest BCUT2D eigenvalue weighted by Crippen LogP contribution is 2.19. The van der Waals surface area contributed by atoms with Crippen LogP contribution >= 0.6 is 0 Å². The lowest BCUT2D eigenvalue weighted by atomic mass is 10.2. The summed E-state index contributed by atoms with van der Waals surface area (Å²) in [6.45, 7) is 7.66. The van der Waals surface area contributed by atoms with Gasteiger partial charge in [-0.15, -0.1) is 10.2 Å². The number of aryl methyl sites for hydroxylation is 1. The van der Waals surface area contributed by atoms with E-state index in [1.54, 1.807) is 0 Å². The van der Waals surface area contributed by atoms with Gasteiger partial charge in [0.2, 0.25) is 0 Å². The molecule has 2 rings (SSSR count). The summed E-state index contributed by atoms with van der Waals surface area (Å²) in [6, 6.07) is 0.841. The highest BCUT2D eigenvalue weighted by atomic mass is 15.3. The van der Waals surface area contributed by atoms with E-state index in [1.807, 2.05) is 0 Å². The zero-order chi connectivity index (χ0) is 10.8. The summed E-state index contributed by atoms with van der Waals surface area (Å²) in [7, 11) is 0. The first-order valence-corrected chi connectivity index (χ1v) is 5.90. The van der Waals surface area contributed by atoms with Crippen LogP contribution in [0.25, 0.3) is 0 Å². The van der Waals surface area contributed by atoms with Crippen LogP contribution in [0.2, 0.25) is 0 Å². The van der Waals surface area contributed by atoms with Gasteiger partial charge in [-0.25, -0.2) is 0 Å². The van der Waals surface area contributed by atoms with Gasteiger partial charge in [-0.05, 0) is 26.7 Å². The molecule has 0 aromatic carbocycles. The van der Waals surface area contributed by atoms with E-state index in [0.717, 1.165) is 31.0 Å². The lowest BCUT2D eigenvalue weighted by Crippen LogP contribution is -2.30. The van der Waals surface area contributed by atoms with Crippen LogP contribution < -0.4 is 5.32 Å². The summed E-state index contributed by atoms with van der Waals surface area (Å²) in [4.78, 5) is 0. The van der Waals surface area contributed by atoms with Crippen LogP contribution in [-0.2, 0) is 13.0 Å². The van der Waals surface area contributed by atoms with Crippen molar-refractivity contribution >= 4 is 0 Å². The van der Waals surface area contributed by atoms with Crippen molar-refractivity contribution < 1.29 is 0 Å². The fourth-order valence-corrected chi connectivity index (χ4v) is 2.11. The minimum Gasteiger partial charge on any atom is -0.314 e. The summed E-state index contributed by atoms with van der Waals surface area (Å²) < 4.78 is 2.26. The Balaban J connectivity index is 2.08. The Bertz CT molecular complexity index is 331. The maximum absolute atomic E-state index is 4.28. The van der Waals surface area contributed by atoms with Crippen LogP contribution in [0.4, 0.5) is 0 Å². The van der Waals surface area contributed by atoms with E-state index >= 15 is 0 Å². The Labute approximate surface area is 91.1 Å². The molecule has 0 fully saturated rings. The van der Waals surface area contributed by atoms with E-state index in [-0.39, 0.29) is 0 Å². The summed E-state index contributed by atoms with van der Waals surface area (Å²) in [5.74, 6) is 2.26. The highest BCUT2D eigenvalue weighted by molar-refractivity contribution is 5.04. The number of fused-ring (bicyclic) bond motifs is 1. The SMILES string of the molecule is CCC(C)NC(C)c1nnc2n1CCC2. The van der Waals surface area contributed by atoms with Gasteiger partial charge in [0.1, 0.15) is 11.6 Å². The number of aromatic nitrogens is 3. The van der Waals surface area contributed by atoms with E-state index < -0.39 is 0 Å². The van der Waals surface area contributed by atoms with Gasteiger partial charge in [-0.2, -0.15) is 0 Å². The molecule has 0 spiro atoms. The van der Waals surface area contributed by atoms with Crippen molar-refractivity contribution in [3.8, 4) is 0 Å². The van der Waals surface area contributed by atoms with Gasteiger partial charge in [0.15, 0.2) is 0 Å². The number of hydrogen-bond acceptors (Lipinski definition) is 3. The molecule has 0 amide bonds. The third kappa shape index (κ3) is 2.04. The van der Waals surface area contributed by atoms with Gasteiger partial charge in [-0.1, -0.05) is 6.92 Å². The van der Waals surface area contributed by atoms with Crippen LogP contribution in [0, 0.1) is 0 Å². The molecule has 1 N–H and O–H groups in total. The maximum atomic E-state index is 4.28. The Hall–Kier alpha value is -0.900. The monoisotopic (exact) mass is 208 g/mol. The van der Waals surface area contributed by atoms with Gasteiger partial charge >= 0.3 is 0 Å². The number of rotatable bonds is 4. The Morgan fingerprint density at radius 2 is 2.20 bits per heavy atom. The van der Waals surface area contributed by atoms with Gasteiger partial charge in [0.05, 0.1) is 6.04 Å². The quantitative estimate of drug-likeness (QED) is 0.818. The fraction of sp³-hybridized carbons (Fsp3) is 0.818. The molecule has 0 bridgehead atoms. The van der Waals surface area contributed by atoms with Crippen molar-refractivity contribution in [3.63, 3.8) is 0 Å². The largest absolute Gasteiger partial charge is 0.314 e. The van der Waals surface area contributed by atoms with Crippen molar-refractivity contribution in [1.82, 2.24) is 20.1 Å². The molecule has 15 heavy (non-hydrogen) atoms. The van der Waals surface area contributed by atoms with Crippen molar-refractivity contribution in [1.29, 1.82) is 0 Å². The molecule has 2 atom stereocenters. The average Bonchev–Trinajstić information content (AvgIpc) is 2.77. The predicted octanol–water partition coefficient (Wildman–Crippen LogP) is 1.67. The predicted molar refractivity (Wildman–Crippen MR) is 59.6 cm³/mol. The fourth-order valence-electron chi connectivity index (χ4n) is 2.11. The molecule has 1 aliphatic rings. The second-order valence-electron chi connectivity index (χ2n) is 4.43. The maximum Gasteiger partial charge on any atom is 0.149 e. The van der Waals surface area contributed by atoms with Crippen LogP contribution in [0.15, 0.2) is 0 Å². The van der Waals surface area contributed by atoms with Crippen molar-refractivity contribution in [3.05, 3.63) is 11.6 Å². The molecule has 4 heteroatoms. The first-order chi connectivity index (χ1) is 7.22. The molecule has 0 radical (unpaired) electrons. The smallest absolute Gasteiger partial charge is 0.149 e. The van der Waals surface area contributed by atoms with E-state index in [1.165, 1.54) is 6.42 Å². The Morgan fingerprint density at radius 1 is 1.40 bits per heavy atom. The zero-order valence-corrected chi connectivity index (χ0v) is 9.82. The van der Waals surface area contributed by atoms with E-state index in [0.29, 0.717) is 12.1 Å². The summed E-state index contributed by atoms with van der Waals surface area (Å²) in [5, 5.41) is 12.0. The minimum absolute atomic E-state index is 0.305. The topological polar surface area (TPSA) is 42.7 Å². The van der Waals surface area contributed by atoms with Crippen LogP contribution in [0.3, 0.4) is 0 Å². The van der Waals surface area contributed by atoms with Crippen molar-refractivity contribution in [2.24, 2.45) is 0 Å². The molecular formula is C11H20N4. The van der Waals surface area contributed by atoms with E-state index in [9.17, 15) is 0 Å². The van der Waals surface area contributed by atoms with Gasteiger partial charge in [0.25, 0.3) is 0 Å². The summed E-state index contributed by atoms with van der Waals surface area (Å²) in [5.41, 5.74) is 0. The number of nitrogens with one attached hydrogen (secondary N) is 1. The number of hydrogen-bond donors (Lipinski definition) is 1. The van der Waals surface area contributed by atoms with Gasteiger partial charge in [-0.3, -0.25) is 0 Å². The Kier molecular flexibility index (Phi) is 3.05. The van der Waals surface area contributed by atoms with Crippen molar-refractivity contribution in [2.45, 2.75) is 58.7 Å². The second kappa shape index (κ2) is 4.31. The molecule has 4 nitrogen and oxygen atoms in total.